The number of ether oxygens (including phenoxy) is 2. The highest BCUT2D eigenvalue weighted by molar-refractivity contribution is 7.07. The number of methoxy groups -OCH3 is 1. The number of nitrogens with one attached hydrogen (secondary N) is 1. The largest absolute Gasteiger partial charge is 0.492 e. The minimum Gasteiger partial charge on any atom is -0.492 e. The van der Waals surface area contributed by atoms with E-state index in [4.69, 9.17) is 15.2 Å². The quantitative estimate of drug-likeness (QED) is 0.338. The van der Waals surface area contributed by atoms with E-state index in [0.717, 1.165) is 17.0 Å². The van der Waals surface area contributed by atoms with Gasteiger partial charge in [-0.1, -0.05) is 0 Å². The first kappa shape index (κ1) is 25.1. The molecule has 3 N–H and O–H groups in total. The summed E-state index contributed by atoms with van der Waals surface area (Å²) in [5.41, 5.74) is 9.71. The van der Waals surface area contributed by atoms with Gasteiger partial charge < -0.3 is 25.1 Å². The van der Waals surface area contributed by atoms with Crippen molar-refractivity contribution in [2.24, 2.45) is 4.99 Å². The third-order valence-electron chi connectivity index (χ3n) is 4.91. The van der Waals surface area contributed by atoms with E-state index in [9.17, 15) is 9.59 Å². The third kappa shape index (κ3) is 6.52. The lowest BCUT2D eigenvalue weighted by molar-refractivity contribution is -0.124. The molecule has 0 saturated heterocycles. The van der Waals surface area contributed by atoms with Crippen LogP contribution < -0.4 is 20.6 Å². The number of rotatable bonds is 10. The molecular formula is C24H29N5O4S. The van der Waals surface area contributed by atoms with E-state index in [-0.39, 0.29) is 18.4 Å². The van der Waals surface area contributed by atoms with Crippen LogP contribution in [0.25, 0.3) is 11.3 Å². The molecule has 3 aromatic rings. The van der Waals surface area contributed by atoms with Crippen molar-refractivity contribution in [1.29, 1.82) is 0 Å². The fraction of sp³-hybridized carbons (Fsp3) is 0.333. The van der Waals surface area contributed by atoms with Gasteiger partial charge in [0.25, 0.3) is 5.91 Å². The maximum Gasteiger partial charge on any atom is 0.281 e. The van der Waals surface area contributed by atoms with Crippen LogP contribution in [-0.4, -0.2) is 48.2 Å². The van der Waals surface area contributed by atoms with Gasteiger partial charge in [-0.15, -0.1) is 11.3 Å². The highest BCUT2D eigenvalue weighted by Crippen LogP contribution is 2.29. The Bertz CT molecular complexity index is 1200. The minimum absolute atomic E-state index is 0.0158. The van der Waals surface area contributed by atoms with E-state index < -0.39 is 0 Å². The van der Waals surface area contributed by atoms with Crippen molar-refractivity contribution in [1.82, 2.24) is 14.9 Å². The molecule has 3 rings (SSSR count). The number of nitrogens with two attached hydrogens (primary N) is 1. The maximum atomic E-state index is 12.8. The molecule has 9 nitrogen and oxygen atoms in total. The average Bonchev–Trinajstić information content (AvgIpc) is 3.21. The Kier molecular flexibility index (Phi) is 8.94. The molecule has 0 spiro atoms. The number of aryl methyl sites for hydroxylation is 1. The molecule has 2 aromatic heterocycles. The normalized spacial score (nSPS) is 11.4. The average molecular weight is 484 g/mol. The summed E-state index contributed by atoms with van der Waals surface area (Å²) in [6.07, 6.45) is 2.16. The lowest BCUT2D eigenvalue weighted by Gasteiger charge is -2.12. The Labute approximate surface area is 202 Å². The Balaban J connectivity index is 1.92. The second-order valence-electron chi connectivity index (χ2n) is 7.48. The molecule has 0 atom stereocenters. The fourth-order valence-electron chi connectivity index (χ4n) is 3.25. The van der Waals surface area contributed by atoms with Gasteiger partial charge in [0, 0.05) is 43.0 Å². The van der Waals surface area contributed by atoms with Crippen LogP contribution >= 0.6 is 11.3 Å². The molecule has 0 fully saturated rings. The number of hydrogen-bond donors (Lipinski definition) is 2. The van der Waals surface area contributed by atoms with Crippen LogP contribution in [-0.2, 0) is 16.1 Å². The van der Waals surface area contributed by atoms with Crippen LogP contribution in [0.3, 0.4) is 0 Å². The van der Waals surface area contributed by atoms with Gasteiger partial charge in [-0.2, -0.15) is 4.99 Å². The lowest BCUT2D eigenvalue weighted by Crippen LogP contribution is -2.29. The van der Waals surface area contributed by atoms with Crippen LogP contribution in [0, 0.1) is 6.92 Å². The number of benzene rings is 1. The van der Waals surface area contributed by atoms with Crippen LogP contribution in [0.5, 0.6) is 5.75 Å². The molecule has 0 bridgehead atoms. The van der Waals surface area contributed by atoms with Gasteiger partial charge >= 0.3 is 0 Å². The molecule has 0 aliphatic carbocycles. The molecule has 0 saturated carbocycles. The lowest BCUT2D eigenvalue weighted by atomic mass is 10.1. The first-order valence-electron chi connectivity index (χ1n) is 10.9. The van der Waals surface area contributed by atoms with E-state index in [2.05, 4.69) is 15.3 Å². The van der Waals surface area contributed by atoms with E-state index in [1.54, 1.807) is 12.1 Å². The van der Waals surface area contributed by atoms with Gasteiger partial charge in [0.2, 0.25) is 5.91 Å². The zero-order valence-corrected chi connectivity index (χ0v) is 20.4. The second kappa shape index (κ2) is 12.1. The zero-order valence-electron chi connectivity index (χ0n) is 19.5. The molecule has 180 valence electrons. The molecule has 0 radical (unpaired) electrons. The maximum absolute atomic E-state index is 12.8. The highest BCUT2D eigenvalue weighted by Gasteiger charge is 2.13. The van der Waals surface area contributed by atoms with Crippen molar-refractivity contribution in [3.05, 3.63) is 58.0 Å². The number of aromatic nitrogens is 2. The van der Waals surface area contributed by atoms with Crippen LogP contribution in [0.2, 0.25) is 0 Å². The Morgan fingerprint density at radius 2 is 2.09 bits per heavy atom. The first-order valence-corrected chi connectivity index (χ1v) is 11.8. The van der Waals surface area contributed by atoms with Crippen molar-refractivity contribution in [3.63, 3.8) is 0 Å². The van der Waals surface area contributed by atoms with Gasteiger partial charge in [0.1, 0.15) is 12.4 Å². The summed E-state index contributed by atoms with van der Waals surface area (Å²) in [6, 6.07) is 9.10. The molecule has 0 unspecified atom stereocenters. The van der Waals surface area contributed by atoms with Crippen molar-refractivity contribution < 1.29 is 19.1 Å². The second-order valence-corrected chi connectivity index (χ2v) is 8.32. The third-order valence-corrected chi connectivity index (χ3v) is 5.78. The molecule has 2 amide bonds. The fourth-order valence-corrected chi connectivity index (χ4v) is 4.19. The van der Waals surface area contributed by atoms with E-state index >= 15 is 0 Å². The number of carbonyl (C=O) groups excluding carboxylic acids is 2. The number of hydrogen-bond acceptors (Lipinski definition) is 7. The van der Waals surface area contributed by atoms with E-state index in [1.165, 1.54) is 24.6 Å². The summed E-state index contributed by atoms with van der Waals surface area (Å²) < 4.78 is 12.3. The predicted octanol–water partition coefficient (Wildman–Crippen LogP) is 2.79. The number of thiazole rings is 1. The van der Waals surface area contributed by atoms with Crippen molar-refractivity contribution in [2.75, 3.05) is 32.6 Å². The molecule has 0 aliphatic heterocycles. The summed E-state index contributed by atoms with van der Waals surface area (Å²) in [6.45, 7) is 5.30. The molecule has 34 heavy (non-hydrogen) atoms. The molecule has 10 heteroatoms. The van der Waals surface area contributed by atoms with Gasteiger partial charge in [-0.25, -0.2) is 0 Å². The van der Waals surface area contributed by atoms with Crippen LogP contribution in [0.15, 0.2) is 46.9 Å². The van der Waals surface area contributed by atoms with Gasteiger partial charge in [0.05, 0.1) is 23.6 Å². The topological polar surface area (TPSA) is 121 Å². The minimum atomic E-state index is -0.366. The van der Waals surface area contributed by atoms with E-state index in [1.807, 2.05) is 42.0 Å². The monoisotopic (exact) mass is 483 g/mol. The van der Waals surface area contributed by atoms with Crippen molar-refractivity contribution in [3.8, 4) is 17.0 Å². The Hall–Kier alpha value is -3.50. The van der Waals surface area contributed by atoms with Gasteiger partial charge in [0.15, 0.2) is 4.80 Å². The summed E-state index contributed by atoms with van der Waals surface area (Å²) in [5, 5.41) is 4.75. The number of nitrogen functional groups attached to an aromatic ring is 1. The summed E-state index contributed by atoms with van der Waals surface area (Å²) in [7, 11) is 1.48. The highest BCUT2D eigenvalue weighted by atomic mass is 32.1. The Morgan fingerprint density at radius 3 is 2.76 bits per heavy atom. The van der Waals surface area contributed by atoms with Crippen molar-refractivity contribution in [2.45, 2.75) is 26.8 Å². The molecule has 1 aromatic carbocycles. The molecule has 2 heterocycles. The number of nitrogens with zero attached hydrogens (tertiary/aromatic N) is 3. The summed E-state index contributed by atoms with van der Waals surface area (Å²) >= 11 is 1.37. The first-order chi connectivity index (χ1) is 16.4. The van der Waals surface area contributed by atoms with Crippen LogP contribution in [0.4, 0.5) is 5.69 Å². The van der Waals surface area contributed by atoms with Crippen LogP contribution in [0.1, 0.15) is 29.4 Å². The SMILES string of the molecule is CCOc1ccc(-c2csc(=NC(=O)c3ccc(C)nc3)n2CCCNC(=O)COC)cc1N. The molecule has 0 aliphatic rings. The van der Waals surface area contributed by atoms with E-state index in [0.29, 0.717) is 47.9 Å². The zero-order chi connectivity index (χ0) is 24.5. The summed E-state index contributed by atoms with van der Waals surface area (Å²) in [5.74, 6) is 0.0828. The van der Waals surface area contributed by atoms with Crippen molar-refractivity contribution >= 4 is 28.8 Å². The Morgan fingerprint density at radius 1 is 1.26 bits per heavy atom. The number of pyridine rings is 1. The predicted molar refractivity (Wildman–Crippen MR) is 132 cm³/mol. The smallest absolute Gasteiger partial charge is 0.281 e. The van der Waals surface area contributed by atoms with Gasteiger partial charge in [-0.05, 0) is 50.6 Å². The standard InChI is InChI=1S/C24H29N5O4S/c1-4-33-21-9-8-17(12-19(21)25)20-15-34-24(28-23(31)18-7-6-16(2)27-13-18)29(20)11-5-10-26-22(30)14-32-3/h6-9,12-13,15H,4-5,10-11,14,25H2,1-3H3,(H,26,30). The number of carbonyl (C=O) groups is 2. The number of anilines is 1. The summed E-state index contributed by atoms with van der Waals surface area (Å²) in [4.78, 5) is 33.5. The van der Waals surface area contributed by atoms with Gasteiger partial charge in [-0.3, -0.25) is 14.6 Å². The molecular weight excluding hydrogens is 454 g/mol. The number of amides is 2.